The minimum atomic E-state index is -0.512. The molecule has 1 amide bonds. The monoisotopic (exact) mass is 571 g/mol. The number of hydrogen-bond acceptors (Lipinski definition) is 9. The van der Waals surface area contributed by atoms with Crippen molar-refractivity contribution in [3.63, 3.8) is 0 Å². The van der Waals surface area contributed by atoms with Crippen LogP contribution in [0.5, 0.6) is 11.5 Å². The van der Waals surface area contributed by atoms with E-state index in [2.05, 4.69) is 33.4 Å². The van der Waals surface area contributed by atoms with Gasteiger partial charge in [0.05, 0.1) is 30.6 Å². The summed E-state index contributed by atoms with van der Waals surface area (Å²) < 4.78 is 23.8. The van der Waals surface area contributed by atoms with Gasteiger partial charge >= 0.3 is 6.09 Å². The zero-order valence-electron chi connectivity index (χ0n) is 24.4. The standard InChI is InChI=1S/C32H37N5O5/c1-32(2,3)42-31(38)37-19-23-15-24(37)18-36(23)27-9-7-22-14-28(27)41-13-11-39-10-12-40-25-8-6-20-4-5-21-17-33-30(34-22)35-29(21)26(20)16-25/h6-9,14,16-17,23-24H,4-5,10-13,15,18-19H2,1-3H3,(H,33,34,35)/t23-,24-/m1/s1. The van der Waals surface area contributed by atoms with E-state index in [-0.39, 0.29) is 18.2 Å². The largest absolute Gasteiger partial charge is 0.491 e. The number of fused-ring (bicyclic) bond motifs is 6. The van der Waals surface area contributed by atoms with Crippen LogP contribution in [0, 0.1) is 0 Å². The maximum atomic E-state index is 12.8. The molecule has 7 rings (SSSR count). The maximum absolute atomic E-state index is 12.8. The summed E-state index contributed by atoms with van der Waals surface area (Å²) in [6.07, 6.45) is 4.46. The number of piperazine rings is 1. The summed E-state index contributed by atoms with van der Waals surface area (Å²) in [5.74, 6) is 2.10. The fourth-order valence-electron chi connectivity index (χ4n) is 6.35. The van der Waals surface area contributed by atoms with Crippen LogP contribution in [0.25, 0.3) is 11.3 Å². The fraction of sp³-hybridized carbons (Fsp3) is 0.469. The molecular weight excluding hydrogens is 534 g/mol. The van der Waals surface area contributed by atoms with Gasteiger partial charge in [0.15, 0.2) is 0 Å². The second kappa shape index (κ2) is 10.7. The molecule has 1 aliphatic carbocycles. The second-order valence-electron chi connectivity index (χ2n) is 12.3. The van der Waals surface area contributed by atoms with Crippen LogP contribution >= 0.6 is 0 Å². The van der Waals surface area contributed by atoms with Gasteiger partial charge in [-0.05, 0) is 75.4 Å². The first-order valence-electron chi connectivity index (χ1n) is 14.8. The molecule has 0 radical (unpaired) electrons. The number of amides is 1. The summed E-state index contributed by atoms with van der Waals surface area (Å²) in [5, 5.41) is 3.40. The van der Waals surface area contributed by atoms with Crippen LogP contribution in [0.3, 0.4) is 0 Å². The third kappa shape index (κ3) is 5.31. The quantitative estimate of drug-likeness (QED) is 0.434. The van der Waals surface area contributed by atoms with Gasteiger partial charge in [0.25, 0.3) is 0 Å². The number of aromatic nitrogens is 2. The lowest BCUT2D eigenvalue weighted by atomic mass is 9.90. The summed E-state index contributed by atoms with van der Waals surface area (Å²) in [4.78, 5) is 26.6. The molecule has 2 aromatic carbocycles. The molecule has 0 saturated carbocycles. The third-order valence-electron chi connectivity index (χ3n) is 8.24. The van der Waals surface area contributed by atoms with Crippen molar-refractivity contribution in [1.82, 2.24) is 14.9 Å². The van der Waals surface area contributed by atoms with E-state index < -0.39 is 5.60 Å². The van der Waals surface area contributed by atoms with E-state index >= 15 is 0 Å². The number of aryl methyl sites for hydroxylation is 2. The van der Waals surface area contributed by atoms with Gasteiger partial charge in [-0.2, -0.15) is 0 Å². The van der Waals surface area contributed by atoms with E-state index in [4.69, 9.17) is 23.9 Å². The highest BCUT2D eigenvalue weighted by atomic mass is 16.6. The van der Waals surface area contributed by atoms with Crippen molar-refractivity contribution < 1.29 is 23.7 Å². The molecule has 2 atom stereocenters. The van der Waals surface area contributed by atoms with Crippen LogP contribution in [0.1, 0.15) is 38.3 Å². The Hall–Kier alpha value is -4.05. The fourth-order valence-corrected chi connectivity index (χ4v) is 6.35. The van der Waals surface area contributed by atoms with Gasteiger partial charge in [-0.25, -0.2) is 14.8 Å². The Morgan fingerprint density at radius 1 is 0.976 bits per heavy atom. The Labute approximate surface area is 245 Å². The summed E-state index contributed by atoms with van der Waals surface area (Å²) in [7, 11) is 0. The highest BCUT2D eigenvalue weighted by Gasteiger charge is 2.47. The van der Waals surface area contributed by atoms with E-state index in [0.29, 0.717) is 38.9 Å². The lowest BCUT2D eigenvalue weighted by molar-refractivity contribution is 0.0214. The van der Waals surface area contributed by atoms with Gasteiger partial charge in [-0.3, -0.25) is 0 Å². The number of nitrogens with one attached hydrogen (secondary N) is 1. The van der Waals surface area contributed by atoms with Crippen LogP contribution in [0.2, 0.25) is 0 Å². The van der Waals surface area contributed by atoms with Crippen molar-refractivity contribution in [3.05, 3.63) is 53.7 Å². The average molecular weight is 572 g/mol. The van der Waals surface area contributed by atoms with E-state index in [1.165, 1.54) is 5.56 Å². The number of hydrogen-bond donors (Lipinski definition) is 1. The van der Waals surface area contributed by atoms with Gasteiger partial charge < -0.3 is 34.1 Å². The van der Waals surface area contributed by atoms with Gasteiger partial charge in [0.2, 0.25) is 5.95 Å². The highest BCUT2D eigenvalue weighted by Crippen LogP contribution is 2.41. The molecule has 2 fully saturated rings. The molecular formula is C32H37N5O5. The molecule has 4 heterocycles. The number of rotatable bonds is 1. The minimum Gasteiger partial charge on any atom is -0.491 e. The van der Waals surface area contributed by atoms with Crippen molar-refractivity contribution in [2.75, 3.05) is 49.7 Å². The van der Waals surface area contributed by atoms with E-state index in [1.807, 2.05) is 50.1 Å². The normalized spacial score (nSPS) is 21.3. The molecule has 42 heavy (non-hydrogen) atoms. The zero-order valence-corrected chi connectivity index (χ0v) is 24.4. The number of carbonyl (C=O) groups is 1. The first-order valence-corrected chi connectivity index (χ1v) is 14.8. The van der Waals surface area contributed by atoms with Crippen LogP contribution in [0.4, 0.5) is 22.1 Å². The summed E-state index contributed by atoms with van der Waals surface area (Å²) >= 11 is 0. The first-order chi connectivity index (χ1) is 20.3. The lowest BCUT2D eigenvalue weighted by Crippen LogP contribution is -2.50. The van der Waals surface area contributed by atoms with Crippen molar-refractivity contribution in [2.24, 2.45) is 0 Å². The SMILES string of the molecule is CC(C)(C)OC(=O)N1C[C@H]2C[C@@H]1CN2c1ccc2cc1OCCOCCOc1ccc3c(c1)-c1nc(ncc1CC3)N2. The Kier molecular flexibility index (Phi) is 6.80. The number of anilines is 3. The van der Waals surface area contributed by atoms with Crippen molar-refractivity contribution in [3.8, 4) is 22.8 Å². The Morgan fingerprint density at radius 3 is 2.62 bits per heavy atom. The number of carbonyl (C=O) groups excluding carboxylic acids is 1. The molecule has 10 nitrogen and oxygen atoms in total. The van der Waals surface area contributed by atoms with Crippen LogP contribution in [-0.2, 0) is 22.3 Å². The lowest BCUT2D eigenvalue weighted by Gasteiger charge is -2.37. The van der Waals surface area contributed by atoms with Crippen LogP contribution in [0.15, 0.2) is 42.6 Å². The van der Waals surface area contributed by atoms with Gasteiger partial charge in [-0.1, -0.05) is 6.07 Å². The molecule has 1 aromatic heterocycles. The van der Waals surface area contributed by atoms with E-state index in [9.17, 15) is 4.79 Å². The summed E-state index contributed by atoms with van der Waals surface area (Å²) in [6.45, 7) is 8.83. The molecule has 2 saturated heterocycles. The molecule has 8 bridgehead atoms. The second-order valence-corrected chi connectivity index (χ2v) is 12.3. The topological polar surface area (TPSA) is 98.3 Å². The van der Waals surface area contributed by atoms with Crippen LogP contribution in [-0.4, -0.2) is 78.2 Å². The zero-order chi connectivity index (χ0) is 28.8. The smallest absolute Gasteiger partial charge is 0.410 e. The Bertz CT molecular complexity index is 1510. The van der Waals surface area contributed by atoms with Crippen molar-refractivity contribution >= 4 is 23.4 Å². The van der Waals surface area contributed by atoms with E-state index in [0.717, 1.165) is 65.5 Å². The molecule has 10 heteroatoms. The molecule has 220 valence electrons. The third-order valence-corrected chi connectivity index (χ3v) is 8.24. The number of likely N-dealkylation sites (tertiary alicyclic amines) is 1. The minimum absolute atomic E-state index is 0.111. The Balaban J connectivity index is 1.16. The molecule has 4 aliphatic rings. The summed E-state index contributed by atoms with van der Waals surface area (Å²) in [6, 6.07) is 12.7. The highest BCUT2D eigenvalue weighted by molar-refractivity contribution is 5.74. The average Bonchev–Trinajstić information content (AvgIpc) is 3.57. The van der Waals surface area contributed by atoms with Crippen molar-refractivity contribution in [1.29, 1.82) is 0 Å². The number of benzene rings is 2. The first kappa shape index (κ1) is 26.8. The molecule has 0 spiro atoms. The van der Waals surface area contributed by atoms with Gasteiger partial charge in [-0.15, -0.1) is 0 Å². The maximum Gasteiger partial charge on any atom is 0.410 e. The molecule has 3 aliphatic heterocycles. The Morgan fingerprint density at radius 2 is 1.81 bits per heavy atom. The van der Waals surface area contributed by atoms with Crippen LogP contribution < -0.4 is 19.7 Å². The van der Waals surface area contributed by atoms with Gasteiger partial charge in [0.1, 0.15) is 30.3 Å². The van der Waals surface area contributed by atoms with Gasteiger partial charge in [0, 0.05) is 42.6 Å². The summed E-state index contributed by atoms with van der Waals surface area (Å²) in [5.41, 5.74) is 5.76. The van der Waals surface area contributed by atoms with Crippen molar-refractivity contribution in [2.45, 2.75) is 57.7 Å². The predicted molar refractivity (Wildman–Crippen MR) is 159 cm³/mol. The van der Waals surface area contributed by atoms with E-state index in [1.54, 1.807) is 0 Å². The molecule has 0 unspecified atom stereocenters. The number of nitrogens with zero attached hydrogens (tertiary/aromatic N) is 4. The predicted octanol–water partition coefficient (Wildman–Crippen LogP) is 4.97. The number of ether oxygens (including phenoxy) is 4. The molecule has 3 aromatic rings. The molecule has 1 N–H and O–H groups in total.